The van der Waals surface area contributed by atoms with Gasteiger partial charge in [0.05, 0.1) is 19.3 Å². The van der Waals surface area contributed by atoms with Crippen LogP contribution in [-0.2, 0) is 9.53 Å². The van der Waals surface area contributed by atoms with Gasteiger partial charge in [-0.15, -0.1) is 0 Å². The number of nitrogens with zero attached hydrogens (tertiary/aromatic N) is 1. The van der Waals surface area contributed by atoms with Crippen molar-refractivity contribution in [3.05, 3.63) is 29.8 Å². The second-order valence-electron chi connectivity index (χ2n) is 6.29. The fourth-order valence-corrected chi connectivity index (χ4v) is 2.67. The van der Waals surface area contributed by atoms with Gasteiger partial charge in [0.2, 0.25) is 5.91 Å². The highest BCUT2D eigenvalue weighted by Crippen LogP contribution is 2.20. The summed E-state index contributed by atoms with van der Waals surface area (Å²) in [5.74, 6) is -0.149. The van der Waals surface area contributed by atoms with Crippen LogP contribution in [0.15, 0.2) is 24.3 Å². The lowest BCUT2D eigenvalue weighted by Crippen LogP contribution is -2.44. The van der Waals surface area contributed by atoms with E-state index >= 15 is 0 Å². The van der Waals surface area contributed by atoms with E-state index in [0.717, 1.165) is 25.9 Å². The summed E-state index contributed by atoms with van der Waals surface area (Å²) in [4.78, 5) is 26.3. The molecule has 1 aromatic carbocycles. The average Bonchev–Trinajstić information content (AvgIpc) is 3.31. The van der Waals surface area contributed by atoms with Crippen LogP contribution in [0.3, 0.4) is 0 Å². The van der Waals surface area contributed by atoms with Crippen molar-refractivity contribution in [2.45, 2.75) is 31.9 Å². The molecule has 6 nitrogen and oxygen atoms in total. The highest BCUT2D eigenvalue weighted by molar-refractivity contribution is 5.97. The molecule has 0 aromatic heterocycles. The Labute approximate surface area is 136 Å². The zero-order valence-electron chi connectivity index (χ0n) is 13.4. The van der Waals surface area contributed by atoms with Gasteiger partial charge in [0, 0.05) is 30.4 Å². The molecular weight excluding hydrogens is 294 g/mol. The Hall–Kier alpha value is -1.92. The number of amides is 2. The van der Waals surface area contributed by atoms with Crippen LogP contribution in [0.5, 0.6) is 0 Å². The van der Waals surface area contributed by atoms with E-state index in [2.05, 4.69) is 15.5 Å². The van der Waals surface area contributed by atoms with Crippen LogP contribution in [0, 0.1) is 0 Å². The van der Waals surface area contributed by atoms with E-state index in [0.29, 0.717) is 30.4 Å². The molecular formula is C17H23N3O3. The van der Waals surface area contributed by atoms with Gasteiger partial charge in [-0.1, -0.05) is 6.07 Å². The minimum Gasteiger partial charge on any atom is -0.376 e. The largest absolute Gasteiger partial charge is 0.376 e. The molecule has 1 atom stereocenters. The molecule has 2 amide bonds. The number of anilines is 1. The monoisotopic (exact) mass is 317 g/mol. The normalized spacial score (nSPS) is 21.7. The van der Waals surface area contributed by atoms with E-state index in [1.165, 1.54) is 0 Å². The fraction of sp³-hybridized carbons (Fsp3) is 0.529. The summed E-state index contributed by atoms with van der Waals surface area (Å²) in [7, 11) is 0. The molecule has 124 valence electrons. The number of ether oxygens (including phenoxy) is 1. The van der Waals surface area contributed by atoms with E-state index in [4.69, 9.17) is 4.74 Å². The Kier molecular flexibility index (Phi) is 4.93. The quantitative estimate of drug-likeness (QED) is 0.857. The number of hydrogen-bond acceptors (Lipinski definition) is 4. The zero-order chi connectivity index (χ0) is 16.2. The highest BCUT2D eigenvalue weighted by atomic mass is 16.5. The Bertz CT molecular complexity index is 586. The summed E-state index contributed by atoms with van der Waals surface area (Å²) in [6.45, 7) is 4.53. The summed E-state index contributed by atoms with van der Waals surface area (Å²) in [6, 6.07) is 7.39. The van der Waals surface area contributed by atoms with E-state index in [1.54, 1.807) is 24.3 Å². The second-order valence-corrected chi connectivity index (χ2v) is 6.29. The smallest absolute Gasteiger partial charge is 0.251 e. The lowest BCUT2D eigenvalue weighted by molar-refractivity contribution is -0.119. The Morgan fingerprint density at radius 3 is 2.91 bits per heavy atom. The maximum absolute atomic E-state index is 12.2. The first kappa shape index (κ1) is 16.0. The van der Waals surface area contributed by atoms with Gasteiger partial charge in [-0.25, -0.2) is 0 Å². The van der Waals surface area contributed by atoms with Crippen molar-refractivity contribution in [1.82, 2.24) is 10.2 Å². The number of carbonyl (C=O) groups is 2. The fourth-order valence-electron chi connectivity index (χ4n) is 2.67. The minimum absolute atomic E-state index is 0.0705. The molecule has 1 saturated carbocycles. The molecule has 1 aliphatic carbocycles. The van der Waals surface area contributed by atoms with Gasteiger partial charge >= 0.3 is 0 Å². The van der Waals surface area contributed by atoms with Gasteiger partial charge in [0.25, 0.3) is 5.91 Å². The summed E-state index contributed by atoms with van der Waals surface area (Å²) in [5.41, 5.74) is 1.23. The molecule has 0 unspecified atom stereocenters. The molecule has 0 spiro atoms. The topological polar surface area (TPSA) is 70.7 Å². The Morgan fingerprint density at radius 1 is 1.35 bits per heavy atom. The summed E-state index contributed by atoms with van der Waals surface area (Å²) in [5, 5.41) is 5.81. The average molecular weight is 317 g/mol. The number of benzene rings is 1. The van der Waals surface area contributed by atoms with Crippen LogP contribution >= 0.6 is 0 Å². The summed E-state index contributed by atoms with van der Waals surface area (Å²) >= 11 is 0. The van der Waals surface area contributed by atoms with E-state index in [9.17, 15) is 9.59 Å². The molecule has 1 aromatic rings. The van der Waals surface area contributed by atoms with Crippen LogP contribution in [0.4, 0.5) is 5.69 Å². The van der Waals surface area contributed by atoms with E-state index in [1.807, 2.05) is 6.92 Å². The predicted octanol–water partition coefficient (Wildman–Crippen LogP) is 1.24. The third-order valence-electron chi connectivity index (χ3n) is 4.01. The van der Waals surface area contributed by atoms with Crippen molar-refractivity contribution in [1.29, 1.82) is 0 Å². The van der Waals surface area contributed by atoms with Gasteiger partial charge in [-0.3, -0.25) is 14.5 Å². The molecule has 3 rings (SSSR count). The van der Waals surface area contributed by atoms with Crippen molar-refractivity contribution >= 4 is 17.5 Å². The first-order valence-corrected chi connectivity index (χ1v) is 8.15. The minimum atomic E-state index is -0.0781. The van der Waals surface area contributed by atoms with E-state index in [-0.39, 0.29) is 17.9 Å². The van der Waals surface area contributed by atoms with Crippen molar-refractivity contribution < 1.29 is 14.3 Å². The zero-order valence-corrected chi connectivity index (χ0v) is 13.4. The summed E-state index contributed by atoms with van der Waals surface area (Å²) < 4.78 is 5.47. The van der Waals surface area contributed by atoms with Crippen molar-refractivity contribution in [2.75, 3.05) is 31.6 Å². The van der Waals surface area contributed by atoms with Gasteiger partial charge in [-0.2, -0.15) is 0 Å². The van der Waals surface area contributed by atoms with Crippen LogP contribution in [-0.4, -0.2) is 55.1 Å². The Balaban J connectivity index is 1.54. The number of carbonyl (C=O) groups excluding carboxylic acids is 2. The van der Waals surface area contributed by atoms with Gasteiger partial charge in [-0.05, 0) is 38.0 Å². The molecule has 1 aliphatic heterocycles. The van der Waals surface area contributed by atoms with Crippen molar-refractivity contribution in [3.63, 3.8) is 0 Å². The van der Waals surface area contributed by atoms with Crippen LogP contribution < -0.4 is 10.6 Å². The predicted molar refractivity (Wildman–Crippen MR) is 87.4 cm³/mol. The second kappa shape index (κ2) is 7.10. The first-order chi connectivity index (χ1) is 11.1. The maximum Gasteiger partial charge on any atom is 0.251 e. The molecule has 1 heterocycles. The molecule has 2 aliphatic rings. The molecule has 0 bridgehead atoms. The number of morpholine rings is 1. The van der Waals surface area contributed by atoms with Gasteiger partial charge in [0.1, 0.15) is 0 Å². The molecule has 23 heavy (non-hydrogen) atoms. The SMILES string of the molecule is C[C@H]1CN(CC(=O)Nc2cccc(C(=O)NC3CC3)c2)CCO1. The third kappa shape index (κ3) is 4.77. The number of rotatable bonds is 5. The highest BCUT2D eigenvalue weighted by Gasteiger charge is 2.24. The number of nitrogens with one attached hydrogen (secondary N) is 2. The van der Waals surface area contributed by atoms with Crippen molar-refractivity contribution in [3.8, 4) is 0 Å². The van der Waals surface area contributed by atoms with E-state index < -0.39 is 0 Å². The summed E-state index contributed by atoms with van der Waals surface area (Å²) in [6.07, 6.45) is 2.27. The molecule has 1 saturated heterocycles. The maximum atomic E-state index is 12.2. The van der Waals surface area contributed by atoms with Gasteiger partial charge in [0.15, 0.2) is 0 Å². The van der Waals surface area contributed by atoms with Crippen LogP contribution in [0.1, 0.15) is 30.1 Å². The molecule has 6 heteroatoms. The van der Waals surface area contributed by atoms with Gasteiger partial charge < -0.3 is 15.4 Å². The third-order valence-corrected chi connectivity index (χ3v) is 4.01. The van der Waals surface area contributed by atoms with Crippen LogP contribution in [0.2, 0.25) is 0 Å². The van der Waals surface area contributed by atoms with Crippen molar-refractivity contribution in [2.24, 2.45) is 0 Å². The molecule has 2 fully saturated rings. The first-order valence-electron chi connectivity index (χ1n) is 8.15. The lowest BCUT2D eigenvalue weighted by Gasteiger charge is -2.30. The lowest BCUT2D eigenvalue weighted by atomic mass is 10.2. The number of hydrogen-bond donors (Lipinski definition) is 2. The van der Waals surface area contributed by atoms with Crippen LogP contribution in [0.25, 0.3) is 0 Å². The standard InChI is InChI=1S/C17H23N3O3/c1-12-10-20(7-8-23-12)11-16(21)18-15-4-2-3-13(9-15)17(22)19-14-5-6-14/h2-4,9,12,14H,5-8,10-11H2,1H3,(H,18,21)(H,19,22)/t12-/m0/s1. The molecule has 2 N–H and O–H groups in total. The molecule has 0 radical (unpaired) electrons. The Morgan fingerprint density at radius 2 is 2.17 bits per heavy atom.